The highest BCUT2D eigenvalue weighted by Gasteiger charge is 2.44. The fourth-order valence-electron chi connectivity index (χ4n) is 3.49. The van der Waals surface area contributed by atoms with Crippen molar-refractivity contribution in [2.24, 2.45) is 0 Å². The van der Waals surface area contributed by atoms with Crippen LogP contribution in [-0.2, 0) is 11.3 Å². The number of amides is 1. The number of Topliss-reactive ketones (excluding diaryl/α,β-unsaturated/α-hetero) is 1. The van der Waals surface area contributed by atoms with Crippen molar-refractivity contribution in [1.29, 1.82) is 0 Å². The molecule has 0 unspecified atom stereocenters. The minimum Gasteiger partial charge on any atom is -0.503 e. The first-order valence-electron chi connectivity index (χ1n) is 8.99. The SMILES string of the molecule is Cc1nc(C)c(C(=O)C2=C(O)C(=O)N(Cc3cccnc3)[C@@H]2c2cccnc2)s1. The van der Waals surface area contributed by atoms with Crippen LogP contribution in [0.5, 0.6) is 0 Å². The van der Waals surface area contributed by atoms with Crippen molar-refractivity contribution < 1.29 is 14.7 Å². The van der Waals surface area contributed by atoms with Gasteiger partial charge in [-0.1, -0.05) is 12.1 Å². The van der Waals surface area contributed by atoms with Gasteiger partial charge in [-0.05, 0) is 37.1 Å². The predicted octanol–water partition coefficient (Wildman–Crippen LogP) is 3.33. The Labute approximate surface area is 171 Å². The molecule has 0 saturated carbocycles. The van der Waals surface area contributed by atoms with E-state index in [4.69, 9.17) is 0 Å². The molecule has 1 aliphatic heterocycles. The summed E-state index contributed by atoms with van der Waals surface area (Å²) in [6, 6.07) is 6.40. The number of rotatable bonds is 5. The number of pyridine rings is 2. The molecule has 3 aromatic heterocycles. The molecule has 146 valence electrons. The van der Waals surface area contributed by atoms with E-state index in [-0.39, 0.29) is 17.9 Å². The van der Waals surface area contributed by atoms with Gasteiger partial charge in [0.2, 0.25) is 5.78 Å². The molecule has 29 heavy (non-hydrogen) atoms. The van der Waals surface area contributed by atoms with Crippen LogP contribution in [0.3, 0.4) is 0 Å². The molecule has 0 bridgehead atoms. The zero-order valence-electron chi connectivity index (χ0n) is 15.9. The van der Waals surface area contributed by atoms with Crippen molar-refractivity contribution in [1.82, 2.24) is 19.9 Å². The molecule has 0 aliphatic carbocycles. The number of ketones is 1. The van der Waals surface area contributed by atoms with E-state index >= 15 is 0 Å². The number of thiazole rings is 1. The number of hydrogen-bond donors (Lipinski definition) is 1. The van der Waals surface area contributed by atoms with Crippen molar-refractivity contribution in [2.45, 2.75) is 26.4 Å². The van der Waals surface area contributed by atoms with Gasteiger partial charge >= 0.3 is 0 Å². The van der Waals surface area contributed by atoms with Crippen molar-refractivity contribution >= 4 is 23.0 Å². The molecule has 1 amide bonds. The van der Waals surface area contributed by atoms with Crippen LogP contribution < -0.4 is 0 Å². The summed E-state index contributed by atoms with van der Waals surface area (Å²) >= 11 is 1.25. The molecule has 4 heterocycles. The second-order valence-corrected chi connectivity index (χ2v) is 7.93. The summed E-state index contributed by atoms with van der Waals surface area (Å²) in [5.41, 5.74) is 2.08. The molecule has 0 spiro atoms. The Morgan fingerprint density at radius 3 is 2.48 bits per heavy atom. The number of aryl methyl sites for hydroxylation is 2. The number of carbonyl (C=O) groups is 2. The Bertz CT molecular complexity index is 1110. The molecule has 0 saturated heterocycles. The highest BCUT2D eigenvalue weighted by Crippen LogP contribution is 2.40. The molecule has 7 nitrogen and oxygen atoms in total. The zero-order valence-corrected chi connectivity index (χ0v) is 16.7. The topological polar surface area (TPSA) is 96.3 Å². The van der Waals surface area contributed by atoms with Crippen LogP contribution in [0.4, 0.5) is 0 Å². The van der Waals surface area contributed by atoms with Crippen LogP contribution in [0.1, 0.15) is 37.5 Å². The monoisotopic (exact) mass is 406 g/mol. The molecule has 0 radical (unpaired) electrons. The van der Waals surface area contributed by atoms with Crippen LogP contribution in [-0.4, -0.2) is 36.6 Å². The van der Waals surface area contributed by atoms with Crippen molar-refractivity contribution in [3.05, 3.63) is 87.1 Å². The molecular formula is C21H18N4O3S. The third kappa shape index (κ3) is 3.42. The van der Waals surface area contributed by atoms with E-state index in [1.807, 2.05) is 13.0 Å². The maximum absolute atomic E-state index is 13.4. The lowest BCUT2D eigenvalue weighted by Crippen LogP contribution is -2.30. The minimum absolute atomic E-state index is 0.0543. The summed E-state index contributed by atoms with van der Waals surface area (Å²) in [5, 5.41) is 11.4. The van der Waals surface area contributed by atoms with Gasteiger partial charge in [0.25, 0.3) is 5.91 Å². The van der Waals surface area contributed by atoms with Crippen molar-refractivity contribution in [3.8, 4) is 0 Å². The van der Waals surface area contributed by atoms with Gasteiger partial charge in [0.15, 0.2) is 5.76 Å². The van der Waals surface area contributed by atoms with E-state index in [1.54, 1.807) is 49.9 Å². The average molecular weight is 406 g/mol. The van der Waals surface area contributed by atoms with E-state index in [2.05, 4.69) is 15.0 Å². The number of nitrogens with zero attached hydrogens (tertiary/aromatic N) is 4. The smallest absolute Gasteiger partial charge is 0.290 e. The Balaban J connectivity index is 1.81. The van der Waals surface area contributed by atoms with Gasteiger partial charge in [0.05, 0.1) is 27.2 Å². The third-order valence-electron chi connectivity index (χ3n) is 4.73. The van der Waals surface area contributed by atoms with Crippen LogP contribution in [0, 0.1) is 13.8 Å². The van der Waals surface area contributed by atoms with Gasteiger partial charge in [0.1, 0.15) is 0 Å². The largest absolute Gasteiger partial charge is 0.503 e. The van der Waals surface area contributed by atoms with Crippen LogP contribution >= 0.6 is 11.3 Å². The normalized spacial score (nSPS) is 16.6. The first-order chi connectivity index (χ1) is 14.0. The third-order valence-corrected chi connectivity index (χ3v) is 5.81. The highest BCUT2D eigenvalue weighted by atomic mass is 32.1. The summed E-state index contributed by atoms with van der Waals surface area (Å²) in [4.78, 5) is 40.7. The lowest BCUT2D eigenvalue weighted by atomic mass is 9.96. The van der Waals surface area contributed by atoms with Gasteiger partial charge in [-0.3, -0.25) is 19.6 Å². The van der Waals surface area contributed by atoms with Gasteiger partial charge < -0.3 is 10.0 Å². The number of aromatic nitrogens is 3. The summed E-state index contributed by atoms with van der Waals surface area (Å²) < 4.78 is 0. The molecule has 8 heteroatoms. The molecule has 0 fully saturated rings. The van der Waals surface area contributed by atoms with E-state index in [1.165, 1.54) is 16.2 Å². The Morgan fingerprint density at radius 1 is 1.17 bits per heavy atom. The van der Waals surface area contributed by atoms with Crippen LogP contribution in [0.25, 0.3) is 0 Å². The maximum Gasteiger partial charge on any atom is 0.290 e. The fourth-order valence-corrected chi connectivity index (χ4v) is 4.36. The Morgan fingerprint density at radius 2 is 1.90 bits per heavy atom. The van der Waals surface area contributed by atoms with E-state index in [0.29, 0.717) is 16.1 Å². The quantitative estimate of drug-likeness (QED) is 0.653. The van der Waals surface area contributed by atoms with Crippen molar-refractivity contribution in [2.75, 3.05) is 0 Å². The van der Waals surface area contributed by atoms with E-state index in [9.17, 15) is 14.7 Å². The zero-order chi connectivity index (χ0) is 20.5. The van der Waals surface area contributed by atoms with Gasteiger partial charge in [-0.25, -0.2) is 4.98 Å². The summed E-state index contributed by atoms with van der Waals surface area (Å²) in [6.45, 7) is 3.77. The summed E-state index contributed by atoms with van der Waals surface area (Å²) in [5.74, 6) is -1.51. The number of aliphatic hydroxyl groups is 1. The second-order valence-electron chi connectivity index (χ2n) is 6.72. The lowest BCUT2D eigenvalue weighted by Gasteiger charge is -2.26. The predicted molar refractivity (Wildman–Crippen MR) is 107 cm³/mol. The summed E-state index contributed by atoms with van der Waals surface area (Å²) in [7, 11) is 0. The Kier molecular flexibility index (Phi) is 4.94. The van der Waals surface area contributed by atoms with Gasteiger partial charge in [-0.15, -0.1) is 11.3 Å². The number of aliphatic hydroxyl groups excluding tert-OH is 1. The standard InChI is InChI=1S/C21H18N4O3S/c1-12-20(29-13(2)24-12)18(26)16-17(15-6-4-8-23-10-15)25(21(28)19(16)27)11-14-5-3-7-22-9-14/h3-10,17,27H,11H2,1-2H3/t17-/m1/s1. The first-order valence-corrected chi connectivity index (χ1v) is 9.80. The van der Waals surface area contributed by atoms with Crippen LogP contribution in [0.2, 0.25) is 0 Å². The minimum atomic E-state index is -0.745. The summed E-state index contributed by atoms with van der Waals surface area (Å²) in [6.07, 6.45) is 6.52. The number of hydrogen-bond acceptors (Lipinski definition) is 7. The van der Waals surface area contributed by atoms with Crippen LogP contribution in [0.15, 0.2) is 60.4 Å². The molecule has 1 N–H and O–H groups in total. The second kappa shape index (κ2) is 7.56. The van der Waals surface area contributed by atoms with Gasteiger partial charge in [-0.2, -0.15) is 0 Å². The average Bonchev–Trinajstić information content (AvgIpc) is 3.19. The fraction of sp³-hybridized carbons (Fsp3) is 0.190. The lowest BCUT2D eigenvalue weighted by molar-refractivity contribution is -0.130. The number of carbonyl (C=O) groups excluding carboxylic acids is 2. The molecule has 4 rings (SSSR count). The molecule has 0 aromatic carbocycles. The molecule has 1 aliphatic rings. The molecule has 3 aromatic rings. The maximum atomic E-state index is 13.4. The molecular weight excluding hydrogens is 388 g/mol. The van der Waals surface area contributed by atoms with Gasteiger partial charge in [0, 0.05) is 31.3 Å². The highest BCUT2D eigenvalue weighted by molar-refractivity contribution is 7.14. The Hall–Kier alpha value is -3.39. The van der Waals surface area contributed by atoms with E-state index < -0.39 is 17.7 Å². The first kappa shape index (κ1) is 18.9. The van der Waals surface area contributed by atoms with Crippen molar-refractivity contribution in [3.63, 3.8) is 0 Å². The molecule has 1 atom stereocenters. The van der Waals surface area contributed by atoms with E-state index in [0.717, 1.165) is 10.6 Å².